The van der Waals surface area contributed by atoms with Gasteiger partial charge < -0.3 is 15.0 Å². The number of carbonyl (C=O) groups is 2. The molecule has 2 rings (SSSR count). The van der Waals surface area contributed by atoms with Gasteiger partial charge in [0.25, 0.3) is 5.91 Å². The van der Waals surface area contributed by atoms with E-state index in [-0.39, 0.29) is 11.8 Å². The third-order valence-corrected chi connectivity index (χ3v) is 4.99. The fraction of sp³-hybridized carbons (Fsp3) is 0.391. The monoisotopic (exact) mass is 382 g/mol. The number of carbonyl (C=O) groups excluding carboxylic acids is 2. The molecule has 0 spiro atoms. The van der Waals surface area contributed by atoms with Crippen molar-refractivity contribution < 1.29 is 14.3 Å². The van der Waals surface area contributed by atoms with Gasteiger partial charge in [-0.25, -0.2) is 0 Å². The molecule has 0 aliphatic carbocycles. The van der Waals surface area contributed by atoms with Crippen LogP contribution in [-0.4, -0.2) is 25.0 Å². The molecule has 2 aromatic rings. The van der Waals surface area contributed by atoms with Gasteiger partial charge in [0.2, 0.25) is 5.91 Å². The molecule has 1 N–H and O–H groups in total. The Bertz CT molecular complexity index is 802. The molecule has 0 saturated carbocycles. The van der Waals surface area contributed by atoms with Crippen molar-refractivity contribution in [1.82, 2.24) is 0 Å². The fourth-order valence-corrected chi connectivity index (χ4v) is 2.86. The number of hydrogen-bond acceptors (Lipinski definition) is 3. The van der Waals surface area contributed by atoms with E-state index in [1.165, 1.54) is 6.92 Å². The van der Waals surface area contributed by atoms with Crippen LogP contribution in [0.15, 0.2) is 48.5 Å². The molecule has 0 heterocycles. The highest BCUT2D eigenvalue weighted by Crippen LogP contribution is 2.29. The van der Waals surface area contributed by atoms with Crippen LogP contribution in [0.1, 0.15) is 52.0 Å². The van der Waals surface area contributed by atoms with Crippen molar-refractivity contribution in [2.24, 2.45) is 0 Å². The first kappa shape index (κ1) is 21.5. The van der Waals surface area contributed by atoms with Crippen LogP contribution in [0.2, 0.25) is 0 Å². The highest BCUT2D eigenvalue weighted by Gasteiger charge is 2.21. The molecule has 0 aliphatic rings. The summed E-state index contributed by atoms with van der Waals surface area (Å²) >= 11 is 0. The van der Waals surface area contributed by atoms with Crippen molar-refractivity contribution in [1.29, 1.82) is 0 Å². The van der Waals surface area contributed by atoms with Crippen molar-refractivity contribution in [3.05, 3.63) is 54.1 Å². The molecule has 2 amide bonds. The van der Waals surface area contributed by atoms with Crippen LogP contribution in [0.4, 0.5) is 11.4 Å². The standard InChI is InChI=1S/C23H30N2O3/c1-6-16(3)20-10-8-9-11-22(20)28-21(7-2)23(27)24-18-12-14-19(15-13-18)25(5)17(4)26/h8-16,21H,6-7H2,1-5H3,(H,24,27). The summed E-state index contributed by atoms with van der Waals surface area (Å²) in [6.07, 6.45) is 0.987. The van der Waals surface area contributed by atoms with E-state index in [9.17, 15) is 9.59 Å². The van der Waals surface area contributed by atoms with E-state index in [0.717, 1.165) is 23.4 Å². The molecule has 2 unspecified atom stereocenters. The highest BCUT2D eigenvalue weighted by molar-refractivity contribution is 5.95. The number of amides is 2. The number of hydrogen-bond donors (Lipinski definition) is 1. The zero-order valence-electron chi connectivity index (χ0n) is 17.4. The molecule has 0 radical (unpaired) electrons. The summed E-state index contributed by atoms with van der Waals surface area (Å²) in [6.45, 7) is 7.73. The predicted molar refractivity (Wildman–Crippen MR) is 114 cm³/mol. The Labute approximate surface area is 167 Å². The van der Waals surface area contributed by atoms with Gasteiger partial charge in [-0.3, -0.25) is 9.59 Å². The van der Waals surface area contributed by atoms with Crippen LogP contribution >= 0.6 is 0 Å². The summed E-state index contributed by atoms with van der Waals surface area (Å²) in [7, 11) is 1.71. The van der Waals surface area contributed by atoms with Gasteiger partial charge >= 0.3 is 0 Å². The topological polar surface area (TPSA) is 58.6 Å². The SMILES string of the molecule is CCC(Oc1ccccc1C(C)CC)C(=O)Nc1ccc(N(C)C(C)=O)cc1. The Hall–Kier alpha value is -2.82. The van der Waals surface area contributed by atoms with E-state index in [1.54, 1.807) is 36.2 Å². The lowest BCUT2D eigenvalue weighted by atomic mass is 9.98. The lowest BCUT2D eigenvalue weighted by molar-refractivity contribution is -0.123. The van der Waals surface area contributed by atoms with E-state index in [1.807, 2.05) is 25.1 Å². The Balaban J connectivity index is 2.09. The summed E-state index contributed by atoms with van der Waals surface area (Å²) < 4.78 is 6.08. The van der Waals surface area contributed by atoms with E-state index in [2.05, 4.69) is 25.2 Å². The number of rotatable bonds is 8. The molecule has 0 aliphatic heterocycles. The maximum atomic E-state index is 12.7. The van der Waals surface area contributed by atoms with Gasteiger partial charge in [0, 0.05) is 25.3 Å². The quantitative estimate of drug-likeness (QED) is 0.700. The highest BCUT2D eigenvalue weighted by atomic mass is 16.5. The van der Waals surface area contributed by atoms with Gasteiger partial charge in [0.1, 0.15) is 5.75 Å². The molecule has 150 valence electrons. The number of ether oxygens (including phenoxy) is 1. The second-order valence-electron chi connectivity index (χ2n) is 6.98. The van der Waals surface area contributed by atoms with Crippen LogP contribution < -0.4 is 15.0 Å². The molecular formula is C23H30N2O3. The second-order valence-corrected chi connectivity index (χ2v) is 6.98. The van der Waals surface area contributed by atoms with E-state index in [4.69, 9.17) is 4.74 Å². The van der Waals surface area contributed by atoms with Crippen LogP contribution in [0.5, 0.6) is 5.75 Å². The van der Waals surface area contributed by atoms with E-state index < -0.39 is 6.10 Å². The van der Waals surface area contributed by atoms with Gasteiger partial charge in [0.15, 0.2) is 6.10 Å². The first-order chi connectivity index (χ1) is 13.4. The van der Waals surface area contributed by atoms with Crippen molar-refractivity contribution in [3.63, 3.8) is 0 Å². The molecule has 0 aromatic heterocycles. The van der Waals surface area contributed by atoms with Crippen molar-refractivity contribution >= 4 is 23.2 Å². The molecule has 5 nitrogen and oxygen atoms in total. The van der Waals surface area contributed by atoms with Gasteiger partial charge in [-0.1, -0.05) is 39.0 Å². The molecule has 0 bridgehead atoms. The smallest absolute Gasteiger partial charge is 0.265 e. The normalized spacial score (nSPS) is 12.8. The van der Waals surface area contributed by atoms with Crippen molar-refractivity contribution in [2.75, 3.05) is 17.3 Å². The van der Waals surface area contributed by atoms with Crippen LogP contribution in [0.25, 0.3) is 0 Å². The van der Waals surface area contributed by atoms with Gasteiger partial charge in [-0.15, -0.1) is 0 Å². The lowest BCUT2D eigenvalue weighted by Crippen LogP contribution is -2.32. The third kappa shape index (κ3) is 5.35. The minimum atomic E-state index is -0.579. The number of anilines is 2. The third-order valence-electron chi connectivity index (χ3n) is 4.99. The molecule has 5 heteroatoms. The molecule has 2 aromatic carbocycles. The fourth-order valence-electron chi connectivity index (χ4n) is 2.86. The number of para-hydroxylation sites is 1. The Morgan fingerprint density at radius 1 is 1.04 bits per heavy atom. The number of benzene rings is 2. The molecule has 0 fully saturated rings. The average molecular weight is 383 g/mol. The molecule has 28 heavy (non-hydrogen) atoms. The maximum Gasteiger partial charge on any atom is 0.265 e. The van der Waals surface area contributed by atoms with E-state index in [0.29, 0.717) is 18.0 Å². The zero-order valence-corrected chi connectivity index (χ0v) is 17.4. The Morgan fingerprint density at radius 2 is 1.68 bits per heavy atom. The molecule has 0 saturated heterocycles. The van der Waals surface area contributed by atoms with Crippen LogP contribution in [-0.2, 0) is 9.59 Å². The Kier molecular flexibility index (Phi) is 7.61. The van der Waals surface area contributed by atoms with Crippen molar-refractivity contribution in [2.45, 2.75) is 52.6 Å². The van der Waals surface area contributed by atoms with Gasteiger partial charge in [0.05, 0.1) is 0 Å². The summed E-state index contributed by atoms with van der Waals surface area (Å²) in [5.41, 5.74) is 2.56. The average Bonchev–Trinajstić information content (AvgIpc) is 2.71. The summed E-state index contributed by atoms with van der Waals surface area (Å²) in [4.78, 5) is 25.7. The summed E-state index contributed by atoms with van der Waals surface area (Å²) in [5, 5.41) is 2.90. The van der Waals surface area contributed by atoms with Crippen molar-refractivity contribution in [3.8, 4) is 5.75 Å². The largest absolute Gasteiger partial charge is 0.480 e. The van der Waals surface area contributed by atoms with Crippen LogP contribution in [0.3, 0.4) is 0 Å². The van der Waals surface area contributed by atoms with Gasteiger partial charge in [-0.2, -0.15) is 0 Å². The lowest BCUT2D eigenvalue weighted by Gasteiger charge is -2.21. The number of nitrogens with zero attached hydrogens (tertiary/aromatic N) is 1. The van der Waals surface area contributed by atoms with Crippen LogP contribution in [0, 0.1) is 0 Å². The predicted octanol–water partition coefficient (Wildman–Crippen LogP) is 4.98. The summed E-state index contributed by atoms with van der Waals surface area (Å²) in [5.74, 6) is 0.894. The van der Waals surface area contributed by atoms with Gasteiger partial charge in [-0.05, 0) is 54.7 Å². The molecular weight excluding hydrogens is 352 g/mol. The zero-order chi connectivity index (χ0) is 20.7. The second kappa shape index (κ2) is 9.93. The first-order valence-corrected chi connectivity index (χ1v) is 9.78. The maximum absolute atomic E-state index is 12.7. The van der Waals surface area contributed by atoms with E-state index >= 15 is 0 Å². The summed E-state index contributed by atoms with van der Waals surface area (Å²) in [6, 6.07) is 15.1. The minimum Gasteiger partial charge on any atom is -0.480 e. The first-order valence-electron chi connectivity index (χ1n) is 9.78. The Morgan fingerprint density at radius 3 is 2.25 bits per heavy atom. The molecule has 2 atom stereocenters. The minimum absolute atomic E-state index is 0.0452. The number of nitrogens with one attached hydrogen (secondary N) is 1.